The largest absolute Gasteiger partial charge is 0.493 e. The summed E-state index contributed by atoms with van der Waals surface area (Å²) in [6, 6.07) is 12.6. The van der Waals surface area contributed by atoms with Crippen LogP contribution in [0.15, 0.2) is 42.5 Å². The number of carboxylic acid groups (broad SMARTS) is 1. The van der Waals surface area contributed by atoms with E-state index in [0.717, 1.165) is 31.2 Å². The lowest BCUT2D eigenvalue weighted by molar-refractivity contribution is -0.136. The Balaban J connectivity index is 1.90. The summed E-state index contributed by atoms with van der Waals surface area (Å²) in [7, 11) is 3.16. The normalized spacial score (nSPS) is 15.1. The van der Waals surface area contributed by atoms with Gasteiger partial charge in [-0.2, -0.15) is 0 Å². The number of aliphatic carboxylic acids is 1. The molecule has 0 bridgehead atoms. The number of carbonyl (C=O) groups is 2. The van der Waals surface area contributed by atoms with Crippen molar-refractivity contribution in [2.24, 2.45) is 0 Å². The van der Waals surface area contributed by atoms with Crippen LogP contribution in [0.25, 0.3) is 0 Å². The predicted molar refractivity (Wildman–Crippen MR) is 106 cm³/mol. The number of carbonyl (C=O) groups excluding carboxylic acids is 1. The highest BCUT2D eigenvalue weighted by molar-refractivity contribution is 5.99. The molecule has 1 amide bonds. The first-order chi connectivity index (χ1) is 13.5. The molecule has 2 aromatic rings. The van der Waals surface area contributed by atoms with Gasteiger partial charge in [-0.1, -0.05) is 31.0 Å². The van der Waals surface area contributed by atoms with Crippen molar-refractivity contribution >= 4 is 17.6 Å². The van der Waals surface area contributed by atoms with Gasteiger partial charge >= 0.3 is 5.97 Å². The number of anilines is 1. The quantitative estimate of drug-likeness (QED) is 0.760. The molecule has 0 heterocycles. The lowest BCUT2D eigenvalue weighted by Gasteiger charge is -2.29. The monoisotopic (exact) mass is 383 g/mol. The van der Waals surface area contributed by atoms with Crippen molar-refractivity contribution in [3.63, 3.8) is 0 Å². The molecule has 2 N–H and O–H groups in total. The molecule has 0 saturated heterocycles. The van der Waals surface area contributed by atoms with E-state index in [0.29, 0.717) is 22.7 Å². The van der Waals surface area contributed by atoms with E-state index < -0.39 is 11.4 Å². The summed E-state index contributed by atoms with van der Waals surface area (Å²) in [4.78, 5) is 24.3. The lowest BCUT2D eigenvalue weighted by Crippen LogP contribution is -2.38. The van der Waals surface area contributed by atoms with Gasteiger partial charge in [0.2, 0.25) is 5.91 Å². The minimum Gasteiger partial charge on any atom is -0.493 e. The molecule has 0 radical (unpaired) electrons. The van der Waals surface area contributed by atoms with Crippen LogP contribution in [-0.4, -0.2) is 31.2 Å². The van der Waals surface area contributed by atoms with Crippen LogP contribution in [-0.2, 0) is 21.4 Å². The fourth-order valence-electron chi connectivity index (χ4n) is 3.94. The molecule has 28 heavy (non-hydrogen) atoms. The Hall–Kier alpha value is -3.02. The van der Waals surface area contributed by atoms with E-state index in [1.165, 1.54) is 0 Å². The van der Waals surface area contributed by atoms with Gasteiger partial charge in [-0.25, -0.2) is 0 Å². The van der Waals surface area contributed by atoms with Gasteiger partial charge in [-0.3, -0.25) is 9.59 Å². The zero-order valence-electron chi connectivity index (χ0n) is 16.2. The number of nitrogens with one attached hydrogen (secondary N) is 1. The summed E-state index contributed by atoms with van der Waals surface area (Å²) in [5.74, 6) is 0.245. The third-order valence-corrected chi connectivity index (χ3v) is 5.37. The maximum absolute atomic E-state index is 13.3. The lowest BCUT2D eigenvalue weighted by atomic mass is 9.77. The molecule has 2 aromatic carbocycles. The first-order valence-corrected chi connectivity index (χ1v) is 9.33. The fourth-order valence-corrected chi connectivity index (χ4v) is 3.94. The second-order valence-electron chi connectivity index (χ2n) is 7.08. The Bertz CT molecular complexity index is 871. The van der Waals surface area contributed by atoms with Crippen LogP contribution in [0.4, 0.5) is 5.69 Å². The SMILES string of the molecule is COc1ccc(C2(C(=O)Nc3cccc(CC(=O)O)c3)CCCC2)cc1OC. The van der Waals surface area contributed by atoms with Gasteiger partial charge in [0.05, 0.1) is 26.1 Å². The molecule has 1 fully saturated rings. The van der Waals surface area contributed by atoms with E-state index in [1.54, 1.807) is 38.5 Å². The van der Waals surface area contributed by atoms with Gasteiger partial charge in [-0.05, 0) is 48.2 Å². The van der Waals surface area contributed by atoms with Crippen LogP contribution < -0.4 is 14.8 Å². The highest BCUT2D eigenvalue weighted by atomic mass is 16.5. The van der Waals surface area contributed by atoms with Gasteiger partial charge in [0.15, 0.2) is 11.5 Å². The Morgan fingerprint density at radius 2 is 1.75 bits per heavy atom. The minimum atomic E-state index is -0.902. The molecule has 0 unspecified atom stereocenters. The van der Waals surface area contributed by atoms with E-state index >= 15 is 0 Å². The number of amides is 1. The van der Waals surface area contributed by atoms with Crippen molar-refractivity contribution in [3.8, 4) is 11.5 Å². The van der Waals surface area contributed by atoms with Crippen molar-refractivity contribution < 1.29 is 24.2 Å². The topological polar surface area (TPSA) is 84.9 Å². The molecule has 1 saturated carbocycles. The predicted octanol–water partition coefficient (Wildman–Crippen LogP) is 3.78. The van der Waals surface area contributed by atoms with E-state index in [1.807, 2.05) is 18.2 Å². The van der Waals surface area contributed by atoms with Gasteiger partial charge in [0, 0.05) is 5.69 Å². The third-order valence-electron chi connectivity index (χ3n) is 5.37. The number of carboxylic acids is 1. The van der Waals surface area contributed by atoms with Crippen molar-refractivity contribution in [1.82, 2.24) is 0 Å². The summed E-state index contributed by atoms with van der Waals surface area (Å²) >= 11 is 0. The van der Waals surface area contributed by atoms with Gasteiger partial charge in [0.1, 0.15) is 0 Å². The summed E-state index contributed by atoms with van der Waals surface area (Å²) in [6.45, 7) is 0. The minimum absolute atomic E-state index is 0.0788. The molecular formula is C22H25NO5. The molecule has 0 spiro atoms. The zero-order valence-corrected chi connectivity index (χ0v) is 16.2. The van der Waals surface area contributed by atoms with Crippen LogP contribution in [0.3, 0.4) is 0 Å². The van der Waals surface area contributed by atoms with Crippen LogP contribution in [0.5, 0.6) is 11.5 Å². The third kappa shape index (κ3) is 3.96. The molecular weight excluding hydrogens is 358 g/mol. The Morgan fingerprint density at radius 1 is 1.04 bits per heavy atom. The van der Waals surface area contributed by atoms with Crippen molar-refractivity contribution in [2.75, 3.05) is 19.5 Å². The summed E-state index contributed by atoms with van der Waals surface area (Å²) < 4.78 is 10.7. The molecule has 6 nitrogen and oxygen atoms in total. The first-order valence-electron chi connectivity index (χ1n) is 9.33. The van der Waals surface area contributed by atoms with E-state index in [2.05, 4.69) is 5.32 Å². The molecule has 6 heteroatoms. The smallest absolute Gasteiger partial charge is 0.307 e. The average molecular weight is 383 g/mol. The zero-order chi connectivity index (χ0) is 20.1. The highest BCUT2D eigenvalue weighted by Gasteiger charge is 2.43. The van der Waals surface area contributed by atoms with Crippen LogP contribution in [0.2, 0.25) is 0 Å². The summed E-state index contributed by atoms with van der Waals surface area (Å²) in [6.07, 6.45) is 3.37. The van der Waals surface area contributed by atoms with Gasteiger partial charge in [-0.15, -0.1) is 0 Å². The molecule has 0 aromatic heterocycles. The number of methoxy groups -OCH3 is 2. The maximum atomic E-state index is 13.3. The van der Waals surface area contributed by atoms with Crippen molar-refractivity contribution in [3.05, 3.63) is 53.6 Å². The fraction of sp³-hybridized carbons (Fsp3) is 0.364. The molecule has 1 aliphatic rings. The standard InChI is InChI=1S/C22H25NO5/c1-27-18-9-8-16(14-19(18)28-2)22(10-3-4-11-22)21(26)23-17-7-5-6-15(12-17)13-20(24)25/h5-9,12,14H,3-4,10-11,13H2,1-2H3,(H,23,26)(H,24,25). The molecule has 0 aliphatic heterocycles. The van der Waals surface area contributed by atoms with Crippen LogP contribution in [0, 0.1) is 0 Å². The molecule has 1 aliphatic carbocycles. The van der Waals surface area contributed by atoms with Crippen molar-refractivity contribution in [2.45, 2.75) is 37.5 Å². The number of hydrogen-bond acceptors (Lipinski definition) is 4. The van der Waals surface area contributed by atoms with Gasteiger partial charge < -0.3 is 19.9 Å². The number of hydrogen-bond donors (Lipinski definition) is 2. The van der Waals surface area contributed by atoms with E-state index in [9.17, 15) is 9.59 Å². The Morgan fingerprint density at radius 3 is 2.39 bits per heavy atom. The molecule has 0 atom stereocenters. The molecule has 3 rings (SSSR count). The van der Waals surface area contributed by atoms with Crippen LogP contribution >= 0.6 is 0 Å². The average Bonchev–Trinajstić information content (AvgIpc) is 3.18. The Labute approximate surface area is 164 Å². The Kier molecular flexibility index (Phi) is 5.87. The van der Waals surface area contributed by atoms with E-state index in [-0.39, 0.29) is 12.3 Å². The molecule has 148 valence electrons. The number of benzene rings is 2. The summed E-state index contributed by atoms with van der Waals surface area (Å²) in [5.41, 5.74) is 1.52. The van der Waals surface area contributed by atoms with Crippen LogP contribution in [0.1, 0.15) is 36.8 Å². The second kappa shape index (κ2) is 8.33. The summed E-state index contributed by atoms with van der Waals surface area (Å²) in [5, 5.41) is 12.0. The number of rotatable bonds is 7. The highest BCUT2D eigenvalue weighted by Crippen LogP contribution is 2.44. The van der Waals surface area contributed by atoms with Crippen molar-refractivity contribution in [1.29, 1.82) is 0 Å². The second-order valence-corrected chi connectivity index (χ2v) is 7.08. The maximum Gasteiger partial charge on any atom is 0.307 e. The van der Waals surface area contributed by atoms with Gasteiger partial charge in [0.25, 0.3) is 0 Å². The first kappa shape index (κ1) is 19.7. The van der Waals surface area contributed by atoms with E-state index in [4.69, 9.17) is 14.6 Å². The number of ether oxygens (including phenoxy) is 2.